The molecule has 1 atom stereocenters. The Hall–Kier alpha value is -3.54. The van der Waals surface area contributed by atoms with Crippen LogP contribution in [0.4, 0.5) is 5.69 Å². The molecule has 0 fully saturated rings. The van der Waals surface area contributed by atoms with Crippen LogP contribution >= 0.6 is 11.6 Å². The van der Waals surface area contributed by atoms with E-state index in [-0.39, 0.29) is 22.0 Å². The fourth-order valence-electron chi connectivity index (χ4n) is 3.09. The molecule has 170 valence electrons. The van der Waals surface area contributed by atoms with E-state index in [0.717, 1.165) is 11.6 Å². The van der Waals surface area contributed by atoms with Crippen LogP contribution < -0.4 is 9.04 Å². The molecule has 0 radical (unpaired) electrons. The Morgan fingerprint density at radius 1 is 1.09 bits per heavy atom. The number of nitriles is 1. The summed E-state index contributed by atoms with van der Waals surface area (Å²) in [6, 6.07) is 21.4. The molecule has 0 bridgehead atoms. The summed E-state index contributed by atoms with van der Waals surface area (Å²) in [7, 11) is -2.81. The maximum atomic E-state index is 13.9. The fraction of sp³-hybridized carbons (Fsp3) is 0.167. The predicted octanol–water partition coefficient (Wildman–Crippen LogP) is 4.81. The van der Waals surface area contributed by atoms with E-state index in [2.05, 4.69) is 0 Å². The van der Waals surface area contributed by atoms with Crippen LogP contribution in [0.25, 0.3) is 0 Å². The number of hydrogen-bond acceptors (Lipinski definition) is 6. The maximum Gasteiger partial charge on any atom is 0.339 e. The van der Waals surface area contributed by atoms with Gasteiger partial charge in [0.15, 0.2) is 6.10 Å². The maximum absolute atomic E-state index is 13.9. The lowest BCUT2D eigenvalue weighted by molar-refractivity contribution is 0.0435. The molecule has 0 aliphatic heterocycles. The molecule has 0 saturated heterocycles. The average Bonchev–Trinajstić information content (AvgIpc) is 2.83. The van der Waals surface area contributed by atoms with E-state index in [1.807, 2.05) is 18.2 Å². The molecule has 0 aliphatic carbocycles. The van der Waals surface area contributed by atoms with Crippen molar-refractivity contribution in [3.05, 3.63) is 88.9 Å². The second kappa shape index (κ2) is 10.4. The molecule has 0 saturated carbocycles. The highest BCUT2D eigenvalue weighted by atomic mass is 35.5. The number of carbonyl (C=O) groups excluding carboxylic acids is 1. The first-order valence-corrected chi connectivity index (χ1v) is 11.7. The lowest BCUT2D eigenvalue weighted by Crippen LogP contribution is -2.31. The number of anilines is 1. The van der Waals surface area contributed by atoms with Crippen molar-refractivity contribution in [2.75, 3.05) is 11.4 Å². The van der Waals surface area contributed by atoms with Crippen LogP contribution in [-0.2, 0) is 21.3 Å². The molecule has 1 unspecified atom stereocenters. The van der Waals surface area contributed by atoms with Crippen LogP contribution in [0.1, 0.15) is 22.8 Å². The summed E-state index contributed by atoms with van der Waals surface area (Å²) in [5, 5.41) is 8.82. The molecule has 3 aromatic carbocycles. The number of benzene rings is 3. The smallest absolute Gasteiger partial charge is 0.339 e. The average molecular weight is 485 g/mol. The van der Waals surface area contributed by atoms with Gasteiger partial charge >= 0.3 is 5.97 Å². The summed E-state index contributed by atoms with van der Waals surface area (Å²) in [5.74, 6) is -0.476. The number of rotatable bonds is 8. The first kappa shape index (κ1) is 24.1. The van der Waals surface area contributed by atoms with Crippen LogP contribution in [0.2, 0.25) is 5.02 Å². The number of ether oxygens (including phenoxy) is 2. The van der Waals surface area contributed by atoms with Crippen molar-refractivity contribution in [3.63, 3.8) is 0 Å². The normalized spacial score (nSPS) is 11.8. The number of nitrogens with zero attached hydrogens (tertiary/aromatic N) is 2. The number of methoxy groups -OCH3 is 1. The summed E-state index contributed by atoms with van der Waals surface area (Å²) in [4.78, 5) is 12.1. The Balaban J connectivity index is 2.13. The molecule has 0 aromatic heterocycles. The third kappa shape index (κ3) is 5.45. The number of carbonyl (C=O) groups is 1. The van der Waals surface area contributed by atoms with Crippen LogP contribution in [0.5, 0.6) is 5.75 Å². The summed E-state index contributed by atoms with van der Waals surface area (Å²) >= 11 is 6.29. The van der Waals surface area contributed by atoms with E-state index in [4.69, 9.17) is 26.3 Å². The van der Waals surface area contributed by atoms with E-state index in [9.17, 15) is 13.2 Å². The zero-order valence-corrected chi connectivity index (χ0v) is 19.5. The minimum Gasteiger partial charge on any atom is -0.495 e. The van der Waals surface area contributed by atoms with Gasteiger partial charge in [0.1, 0.15) is 16.7 Å². The van der Waals surface area contributed by atoms with Gasteiger partial charge in [0.25, 0.3) is 10.0 Å². The molecule has 9 heteroatoms. The van der Waals surface area contributed by atoms with Crippen molar-refractivity contribution in [2.24, 2.45) is 0 Å². The highest BCUT2D eigenvalue weighted by molar-refractivity contribution is 7.93. The lowest BCUT2D eigenvalue weighted by atomic mass is 10.2. The zero-order chi connectivity index (χ0) is 24.0. The minimum absolute atomic E-state index is 0.0000159. The SMILES string of the molecule is COc1ccccc1N(Cc1ccccc1)S(=O)(=O)c1cc(C(=O)OC(C)C#N)ccc1Cl. The monoisotopic (exact) mass is 484 g/mol. The van der Waals surface area contributed by atoms with Gasteiger partial charge in [-0.3, -0.25) is 4.31 Å². The molecule has 0 amide bonds. The Kier molecular flexibility index (Phi) is 7.59. The van der Waals surface area contributed by atoms with Gasteiger partial charge < -0.3 is 9.47 Å². The first-order valence-electron chi connectivity index (χ1n) is 9.87. The molecule has 0 heterocycles. The van der Waals surface area contributed by atoms with E-state index in [1.54, 1.807) is 42.5 Å². The molecular weight excluding hydrogens is 464 g/mol. The van der Waals surface area contributed by atoms with Crippen LogP contribution in [0.15, 0.2) is 77.7 Å². The van der Waals surface area contributed by atoms with Crippen molar-refractivity contribution in [1.82, 2.24) is 0 Å². The Morgan fingerprint density at radius 3 is 2.42 bits per heavy atom. The number of para-hydroxylation sites is 2. The van der Waals surface area contributed by atoms with Crippen molar-refractivity contribution in [2.45, 2.75) is 24.5 Å². The van der Waals surface area contributed by atoms with Crippen molar-refractivity contribution >= 4 is 33.3 Å². The van der Waals surface area contributed by atoms with Crippen molar-refractivity contribution < 1.29 is 22.7 Å². The van der Waals surface area contributed by atoms with Gasteiger partial charge in [-0.15, -0.1) is 0 Å². The molecule has 3 rings (SSSR count). The molecular formula is C24H21ClN2O5S. The number of halogens is 1. The summed E-state index contributed by atoms with van der Waals surface area (Å²) in [6.07, 6.45) is -0.989. The summed E-state index contributed by atoms with van der Waals surface area (Å²) in [5.41, 5.74) is 1.01. The quantitative estimate of drug-likeness (QED) is 0.425. The third-order valence-electron chi connectivity index (χ3n) is 4.72. The number of hydrogen-bond donors (Lipinski definition) is 0. The van der Waals surface area contributed by atoms with Gasteiger partial charge in [0.05, 0.1) is 29.9 Å². The van der Waals surface area contributed by atoms with Crippen LogP contribution in [0.3, 0.4) is 0 Å². The first-order chi connectivity index (χ1) is 15.8. The largest absolute Gasteiger partial charge is 0.495 e. The molecule has 33 heavy (non-hydrogen) atoms. The second-order valence-corrected chi connectivity index (χ2v) is 9.23. The van der Waals surface area contributed by atoms with E-state index in [0.29, 0.717) is 11.4 Å². The van der Waals surface area contributed by atoms with Gasteiger partial charge in [-0.2, -0.15) is 5.26 Å². The standard InChI is InChI=1S/C24H21ClN2O5S/c1-17(15-26)32-24(28)19-12-13-20(25)23(14-19)33(29,30)27(16-18-8-4-3-5-9-18)21-10-6-7-11-22(21)31-2/h3-14,17H,16H2,1-2H3. The highest BCUT2D eigenvalue weighted by Gasteiger charge is 2.30. The molecule has 3 aromatic rings. The van der Waals surface area contributed by atoms with Crippen molar-refractivity contribution in [3.8, 4) is 11.8 Å². The Morgan fingerprint density at radius 2 is 1.76 bits per heavy atom. The number of esters is 1. The number of sulfonamides is 1. The highest BCUT2D eigenvalue weighted by Crippen LogP contribution is 2.36. The Bertz CT molecular complexity index is 1290. The van der Waals surface area contributed by atoms with Gasteiger partial charge in [-0.1, -0.05) is 54.1 Å². The predicted molar refractivity (Wildman–Crippen MR) is 125 cm³/mol. The van der Waals surface area contributed by atoms with E-state index in [1.165, 1.54) is 30.5 Å². The molecule has 0 N–H and O–H groups in total. The molecule has 7 nitrogen and oxygen atoms in total. The van der Waals surface area contributed by atoms with Gasteiger partial charge in [0.2, 0.25) is 0 Å². The summed E-state index contributed by atoms with van der Waals surface area (Å²) < 4.78 is 39.3. The van der Waals surface area contributed by atoms with Crippen molar-refractivity contribution in [1.29, 1.82) is 5.26 Å². The lowest BCUT2D eigenvalue weighted by Gasteiger charge is -2.26. The zero-order valence-electron chi connectivity index (χ0n) is 17.9. The molecule has 0 aliphatic rings. The van der Waals surface area contributed by atoms with E-state index >= 15 is 0 Å². The summed E-state index contributed by atoms with van der Waals surface area (Å²) in [6.45, 7) is 1.41. The second-order valence-electron chi connectivity index (χ2n) is 6.99. The van der Waals surface area contributed by atoms with Crippen LogP contribution in [0, 0.1) is 11.3 Å². The van der Waals surface area contributed by atoms with Gasteiger partial charge in [-0.05, 0) is 42.8 Å². The van der Waals surface area contributed by atoms with Gasteiger partial charge in [0, 0.05) is 0 Å². The van der Waals surface area contributed by atoms with Gasteiger partial charge in [-0.25, -0.2) is 13.2 Å². The fourth-order valence-corrected chi connectivity index (χ4v) is 5.05. The third-order valence-corrected chi connectivity index (χ3v) is 6.96. The minimum atomic E-state index is -4.26. The van der Waals surface area contributed by atoms with E-state index < -0.39 is 22.1 Å². The molecule has 0 spiro atoms. The van der Waals surface area contributed by atoms with Crippen LogP contribution in [-0.4, -0.2) is 27.6 Å². The Labute approximate surface area is 197 Å². The topological polar surface area (TPSA) is 96.7 Å².